The number of aliphatic hydroxyl groups excluding tert-OH is 1. The summed E-state index contributed by atoms with van der Waals surface area (Å²) >= 11 is 0. The van der Waals surface area contributed by atoms with Crippen molar-refractivity contribution >= 4 is 23.5 Å². The van der Waals surface area contributed by atoms with E-state index >= 15 is 0 Å². The Morgan fingerprint density at radius 3 is 2.58 bits per heavy atom. The van der Waals surface area contributed by atoms with Gasteiger partial charge in [-0.1, -0.05) is 6.92 Å². The minimum atomic E-state index is -0.412. The maximum atomic E-state index is 13.6. The number of likely N-dealkylation sites (N-methyl/N-ethyl adjacent to an activating group) is 1. The largest absolute Gasteiger partial charge is 0.487 e. The molecule has 0 aliphatic carbocycles. The Kier molecular flexibility index (Phi) is 10.7. The van der Waals surface area contributed by atoms with Crippen molar-refractivity contribution in [3.8, 4) is 5.75 Å². The van der Waals surface area contributed by atoms with Crippen LogP contribution >= 0.6 is 0 Å². The molecular weight excluding hydrogens is 490 g/mol. The maximum absolute atomic E-state index is 13.6. The molecular formula is C27H43N5O6. The number of morpholine rings is 1. The number of carbonyl (C=O) groups excluding carboxylic acids is 3. The number of hydrogen-bond donors (Lipinski definition) is 3. The van der Waals surface area contributed by atoms with Crippen LogP contribution in [0.15, 0.2) is 18.2 Å². The molecule has 3 atom stereocenters. The van der Waals surface area contributed by atoms with E-state index in [0.29, 0.717) is 56.3 Å². The molecule has 3 rings (SSSR count). The molecule has 1 aromatic carbocycles. The van der Waals surface area contributed by atoms with Crippen molar-refractivity contribution in [1.82, 2.24) is 20.0 Å². The summed E-state index contributed by atoms with van der Waals surface area (Å²) < 4.78 is 11.7. The Hall–Kier alpha value is -2.89. The molecule has 0 spiro atoms. The Balaban J connectivity index is 1.79. The van der Waals surface area contributed by atoms with Crippen molar-refractivity contribution in [2.24, 2.45) is 5.92 Å². The number of hydrogen-bond acceptors (Lipinski definition) is 7. The summed E-state index contributed by atoms with van der Waals surface area (Å²) in [6, 6.07) is 4.42. The second kappa shape index (κ2) is 13.8. The summed E-state index contributed by atoms with van der Waals surface area (Å²) in [4.78, 5) is 44.1. The highest BCUT2D eigenvalue weighted by Crippen LogP contribution is 2.30. The lowest BCUT2D eigenvalue weighted by atomic mass is 9.99. The molecule has 212 valence electrons. The highest BCUT2D eigenvalue weighted by atomic mass is 16.5. The molecule has 2 aliphatic rings. The fourth-order valence-corrected chi connectivity index (χ4v) is 4.54. The molecule has 0 aromatic heterocycles. The van der Waals surface area contributed by atoms with Gasteiger partial charge in [-0.2, -0.15) is 0 Å². The zero-order valence-corrected chi connectivity index (χ0v) is 23.2. The number of carbonyl (C=O) groups is 3. The van der Waals surface area contributed by atoms with E-state index in [1.165, 1.54) is 0 Å². The van der Waals surface area contributed by atoms with Gasteiger partial charge in [0.25, 0.3) is 5.91 Å². The summed E-state index contributed by atoms with van der Waals surface area (Å²) in [5, 5.41) is 15.6. The van der Waals surface area contributed by atoms with Crippen LogP contribution in [0.5, 0.6) is 5.75 Å². The maximum Gasteiger partial charge on any atom is 0.317 e. The average molecular weight is 534 g/mol. The van der Waals surface area contributed by atoms with Gasteiger partial charge in [-0.25, -0.2) is 4.79 Å². The molecule has 3 N–H and O–H groups in total. The van der Waals surface area contributed by atoms with E-state index in [1.54, 1.807) is 42.0 Å². The molecule has 0 radical (unpaired) electrons. The lowest BCUT2D eigenvalue weighted by Crippen LogP contribution is -2.51. The minimum absolute atomic E-state index is 0.00219. The van der Waals surface area contributed by atoms with Crippen LogP contribution in [0.1, 0.15) is 44.5 Å². The number of aliphatic hydroxyl groups is 1. The second-order valence-electron chi connectivity index (χ2n) is 10.6. The van der Waals surface area contributed by atoms with Crippen molar-refractivity contribution in [1.29, 1.82) is 0 Å². The van der Waals surface area contributed by atoms with Crippen LogP contribution < -0.4 is 15.4 Å². The van der Waals surface area contributed by atoms with Gasteiger partial charge in [0.05, 0.1) is 38.0 Å². The van der Waals surface area contributed by atoms with Crippen LogP contribution in [-0.2, 0) is 9.53 Å². The number of nitrogens with zero attached hydrogens (tertiary/aromatic N) is 3. The highest BCUT2D eigenvalue weighted by Gasteiger charge is 2.34. The van der Waals surface area contributed by atoms with E-state index in [-0.39, 0.29) is 36.4 Å². The Labute approximate surface area is 225 Å². The number of rotatable bonds is 9. The number of urea groups is 1. The normalized spacial score (nSPS) is 21.1. The molecule has 0 saturated carbocycles. The molecule has 1 fully saturated rings. The van der Waals surface area contributed by atoms with E-state index in [4.69, 9.17) is 9.47 Å². The summed E-state index contributed by atoms with van der Waals surface area (Å²) in [6.07, 6.45) is -0.0633. The van der Waals surface area contributed by atoms with Gasteiger partial charge in [0.15, 0.2) is 0 Å². The number of fused-ring (bicyclic) bond motifs is 1. The number of anilines is 1. The predicted molar refractivity (Wildman–Crippen MR) is 144 cm³/mol. The Morgan fingerprint density at radius 1 is 1.21 bits per heavy atom. The first kappa shape index (κ1) is 29.7. The first-order valence-corrected chi connectivity index (χ1v) is 13.4. The fraction of sp³-hybridized carbons (Fsp3) is 0.667. The highest BCUT2D eigenvalue weighted by molar-refractivity contribution is 6.00. The molecule has 11 nitrogen and oxygen atoms in total. The molecule has 4 amide bonds. The van der Waals surface area contributed by atoms with Gasteiger partial charge in [-0.3, -0.25) is 14.5 Å². The minimum Gasteiger partial charge on any atom is -0.487 e. The molecule has 0 unspecified atom stereocenters. The van der Waals surface area contributed by atoms with Crippen molar-refractivity contribution in [2.45, 2.75) is 52.3 Å². The summed E-state index contributed by atoms with van der Waals surface area (Å²) in [5.41, 5.74) is 0.811. The van der Waals surface area contributed by atoms with Gasteiger partial charge in [0, 0.05) is 57.3 Å². The van der Waals surface area contributed by atoms with E-state index in [1.807, 2.05) is 20.8 Å². The van der Waals surface area contributed by atoms with Crippen molar-refractivity contribution in [3.05, 3.63) is 23.8 Å². The Morgan fingerprint density at radius 2 is 1.92 bits per heavy atom. The van der Waals surface area contributed by atoms with Crippen LogP contribution in [0.4, 0.5) is 10.5 Å². The van der Waals surface area contributed by atoms with E-state index < -0.39 is 12.1 Å². The van der Waals surface area contributed by atoms with Gasteiger partial charge >= 0.3 is 6.03 Å². The van der Waals surface area contributed by atoms with Crippen LogP contribution in [0.3, 0.4) is 0 Å². The number of ether oxygens (including phenoxy) is 2. The molecule has 1 saturated heterocycles. The molecule has 0 bridgehead atoms. The number of nitrogens with one attached hydrogen (secondary N) is 2. The molecule has 38 heavy (non-hydrogen) atoms. The van der Waals surface area contributed by atoms with Gasteiger partial charge < -0.3 is 35.0 Å². The van der Waals surface area contributed by atoms with E-state index in [9.17, 15) is 19.5 Å². The topological polar surface area (TPSA) is 124 Å². The predicted octanol–water partition coefficient (Wildman–Crippen LogP) is 1.62. The van der Waals surface area contributed by atoms with Crippen LogP contribution in [0.25, 0.3) is 0 Å². The first-order valence-electron chi connectivity index (χ1n) is 13.4. The van der Waals surface area contributed by atoms with Crippen molar-refractivity contribution in [3.63, 3.8) is 0 Å². The number of benzene rings is 1. The molecule has 2 aliphatic heterocycles. The van der Waals surface area contributed by atoms with Gasteiger partial charge in [0.2, 0.25) is 5.91 Å². The summed E-state index contributed by atoms with van der Waals surface area (Å²) in [5.74, 6) is -0.150. The zero-order chi connectivity index (χ0) is 27.8. The quantitative estimate of drug-likeness (QED) is 0.441. The third kappa shape index (κ3) is 8.05. The number of amides is 4. The molecule has 11 heteroatoms. The first-order chi connectivity index (χ1) is 18.1. The summed E-state index contributed by atoms with van der Waals surface area (Å²) in [7, 11) is 1.71. The molecule has 1 aromatic rings. The third-order valence-corrected chi connectivity index (χ3v) is 6.92. The summed E-state index contributed by atoms with van der Waals surface area (Å²) in [6.45, 7) is 11.6. The van der Waals surface area contributed by atoms with Crippen LogP contribution in [0.2, 0.25) is 0 Å². The average Bonchev–Trinajstić information content (AvgIpc) is 2.89. The molecule has 2 heterocycles. The van der Waals surface area contributed by atoms with Gasteiger partial charge in [0.1, 0.15) is 11.9 Å². The van der Waals surface area contributed by atoms with Crippen LogP contribution in [0, 0.1) is 5.92 Å². The zero-order valence-electron chi connectivity index (χ0n) is 23.2. The van der Waals surface area contributed by atoms with E-state index in [0.717, 1.165) is 13.1 Å². The monoisotopic (exact) mass is 533 g/mol. The van der Waals surface area contributed by atoms with E-state index in [2.05, 4.69) is 15.5 Å². The van der Waals surface area contributed by atoms with Crippen molar-refractivity contribution in [2.75, 3.05) is 64.9 Å². The fourth-order valence-electron chi connectivity index (χ4n) is 4.54. The lowest BCUT2D eigenvalue weighted by Gasteiger charge is -2.38. The lowest BCUT2D eigenvalue weighted by molar-refractivity contribution is -0.116. The van der Waals surface area contributed by atoms with Gasteiger partial charge in [-0.15, -0.1) is 0 Å². The van der Waals surface area contributed by atoms with Crippen molar-refractivity contribution < 1.29 is 29.0 Å². The van der Waals surface area contributed by atoms with Gasteiger partial charge in [-0.05, 0) is 39.0 Å². The standard InChI is InChI=1S/C27H43N5O6/c1-18(2)28-27(36)30(5)16-24-19(3)15-32(20(4)17-33)26(35)22-14-21(6-7-23(22)38-24)29-25(34)8-9-31-10-12-37-13-11-31/h6-7,14,18-20,24,33H,8-13,15-17H2,1-5H3,(H,28,36)(H,29,34)/t19-,20+,24-/m1/s1. The Bertz CT molecular complexity index is 967. The SMILES string of the molecule is CC(C)NC(=O)N(C)C[C@H]1Oc2ccc(NC(=O)CCN3CCOCC3)cc2C(=O)N([C@@H](C)CO)C[C@H]1C. The second-order valence-corrected chi connectivity index (χ2v) is 10.6. The third-order valence-electron chi connectivity index (χ3n) is 6.92. The van der Waals surface area contributed by atoms with Crippen LogP contribution in [-0.4, -0.2) is 115 Å². The smallest absolute Gasteiger partial charge is 0.317 e.